The van der Waals surface area contributed by atoms with Crippen LogP contribution in [0.5, 0.6) is 34.5 Å². The number of aromatic nitrogens is 4. The molecule has 5 heterocycles. The minimum absolute atomic E-state index is 0. The second-order valence-electron chi connectivity index (χ2n) is 16.3. The molecule has 0 fully saturated rings. The van der Waals surface area contributed by atoms with Crippen molar-refractivity contribution in [1.82, 2.24) is 30.6 Å². The smallest absolute Gasteiger partial charge is 0.306 e. The molecule has 4 aromatic heterocycles. The normalized spacial score (nSPS) is 11.4. The molecule has 16 heteroatoms. The van der Waals surface area contributed by atoms with Crippen molar-refractivity contribution in [1.29, 1.82) is 0 Å². The zero-order chi connectivity index (χ0) is 50.2. The van der Waals surface area contributed by atoms with Gasteiger partial charge in [-0.1, -0.05) is 133 Å². The van der Waals surface area contributed by atoms with Gasteiger partial charge < -0.3 is 10.6 Å². The molecule has 1 aliphatic rings. The van der Waals surface area contributed by atoms with Crippen LogP contribution in [0.25, 0.3) is 22.8 Å². The van der Waals surface area contributed by atoms with Crippen LogP contribution >= 0.6 is 17.2 Å². The van der Waals surface area contributed by atoms with Crippen molar-refractivity contribution in [2.75, 3.05) is 0 Å². The van der Waals surface area contributed by atoms with Gasteiger partial charge in [0.1, 0.15) is 0 Å². The van der Waals surface area contributed by atoms with E-state index in [1.807, 2.05) is 255 Å². The summed E-state index contributed by atoms with van der Waals surface area (Å²) in [5.74, 6) is 4.35. The Kier molecular flexibility index (Phi) is 23.0. The summed E-state index contributed by atoms with van der Waals surface area (Å²) in [5.41, 5.74) is 7.43. The maximum atomic E-state index is 5.88. The molecule has 0 unspecified atom stereocenters. The van der Waals surface area contributed by atoms with Crippen LogP contribution in [-0.2, 0) is 65.6 Å². The second kappa shape index (κ2) is 31.0. The number of para-hydroxylation sites is 6. The first-order chi connectivity index (χ1) is 36.6. The van der Waals surface area contributed by atoms with E-state index in [9.17, 15) is 0 Å². The minimum Gasteiger partial charge on any atom is -0.306 e. The van der Waals surface area contributed by atoms with Gasteiger partial charge in [-0.25, -0.2) is 19.9 Å². The number of pyridine rings is 4. The van der Waals surface area contributed by atoms with Crippen LogP contribution in [0.1, 0.15) is 22.8 Å². The Bertz CT molecular complexity index is 2720. The average molecular weight is 1190 g/mol. The summed E-state index contributed by atoms with van der Waals surface area (Å²) < 4.78 is 35.3. The second-order valence-corrected chi connectivity index (χ2v) is 18.5. The van der Waals surface area contributed by atoms with E-state index in [4.69, 9.17) is 47.1 Å². The maximum Gasteiger partial charge on any atom is 0.528 e. The van der Waals surface area contributed by atoms with Crippen LogP contribution in [0, 0.1) is 0 Å². The Balaban J connectivity index is 0.000000167. The van der Waals surface area contributed by atoms with Gasteiger partial charge in [0.05, 0.1) is 45.6 Å². The van der Waals surface area contributed by atoms with Gasteiger partial charge in [0.25, 0.3) is 0 Å². The van der Waals surface area contributed by atoms with Crippen molar-refractivity contribution in [3.05, 3.63) is 278 Å². The molecule has 0 amide bonds. The van der Waals surface area contributed by atoms with Crippen molar-refractivity contribution < 1.29 is 66.6 Å². The van der Waals surface area contributed by atoms with E-state index in [0.29, 0.717) is 26.2 Å². The zero-order valence-corrected chi connectivity index (χ0v) is 45.3. The van der Waals surface area contributed by atoms with E-state index in [1.54, 1.807) is 0 Å². The van der Waals surface area contributed by atoms with E-state index < -0.39 is 17.2 Å². The zero-order valence-electron chi connectivity index (χ0n) is 40.9. The predicted octanol–water partition coefficient (Wildman–Crippen LogP) is 13.9. The first kappa shape index (κ1) is 56.5. The van der Waals surface area contributed by atoms with Crippen LogP contribution in [-0.4, -0.2) is 19.9 Å². The summed E-state index contributed by atoms with van der Waals surface area (Å²) in [6.45, 7) is 2.65. The van der Waals surface area contributed by atoms with Gasteiger partial charge >= 0.3 is 17.2 Å². The fourth-order valence-electron chi connectivity index (χ4n) is 7.15. The molecular weight excluding hydrogens is 1130 g/mol. The largest absolute Gasteiger partial charge is 0.528 e. The Morgan fingerprint density at radius 1 is 0.250 bits per heavy atom. The molecule has 0 saturated carbocycles. The molecule has 12 nitrogen and oxygen atoms in total. The first-order valence-corrected chi connectivity index (χ1v) is 26.5. The molecule has 0 spiro atoms. The fraction of sp³-hybridized carbons (Fsp3) is 0.0667. The van der Waals surface area contributed by atoms with Crippen LogP contribution in [0.2, 0.25) is 0 Å². The van der Waals surface area contributed by atoms with Gasteiger partial charge in [0.15, 0.2) is 34.5 Å². The number of hydrogen-bond acceptors (Lipinski definition) is 12. The third-order valence-electron chi connectivity index (χ3n) is 10.6. The Hall–Kier alpha value is -7.24. The van der Waals surface area contributed by atoms with Gasteiger partial charge in [0, 0.05) is 65.6 Å². The summed E-state index contributed by atoms with van der Waals surface area (Å²) in [5, 5.41) is 6.89. The molecule has 2 radical (unpaired) electrons. The summed E-state index contributed by atoms with van der Waals surface area (Å²) in [6, 6.07) is 81.5. The first-order valence-electron chi connectivity index (χ1n) is 24.0. The van der Waals surface area contributed by atoms with E-state index in [2.05, 4.69) is 10.6 Å². The van der Waals surface area contributed by atoms with Gasteiger partial charge in [-0.15, -0.1) is 0 Å². The molecule has 76 heavy (non-hydrogen) atoms. The van der Waals surface area contributed by atoms with Gasteiger partial charge in [-0.05, 0) is 121 Å². The van der Waals surface area contributed by atoms with Crippen LogP contribution in [0.3, 0.4) is 0 Å². The Morgan fingerprint density at radius 3 is 0.618 bits per heavy atom. The third kappa shape index (κ3) is 18.5. The maximum absolute atomic E-state index is 5.88. The quantitative estimate of drug-likeness (QED) is 0.0892. The number of benzene rings is 6. The number of rotatable bonds is 12. The number of nitrogens with zero attached hydrogens (tertiary/aromatic N) is 4. The van der Waals surface area contributed by atoms with Crippen molar-refractivity contribution in [3.63, 3.8) is 0 Å². The van der Waals surface area contributed by atoms with E-state index in [-0.39, 0.29) is 39.4 Å². The molecule has 1 aliphatic heterocycles. The summed E-state index contributed by atoms with van der Waals surface area (Å²) in [6.07, 6.45) is 0. The summed E-state index contributed by atoms with van der Waals surface area (Å²) in [7, 11) is -4.00. The summed E-state index contributed by atoms with van der Waals surface area (Å²) in [4.78, 5) is 19.1. The molecule has 0 aliphatic carbocycles. The van der Waals surface area contributed by atoms with Gasteiger partial charge in [-0.2, -0.15) is 0 Å². The monoisotopic (exact) mass is 1190 g/mol. The van der Waals surface area contributed by atoms with Crippen LogP contribution < -0.4 is 37.8 Å². The fourth-order valence-corrected chi connectivity index (χ4v) is 9.37. The average Bonchev–Trinajstić information content (AvgIpc) is 3.45. The van der Waals surface area contributed by atoms with Crippen LogP contribution in [0.15, 0.2) is 255 Å². The number of fused-ring (bicyclic) bond motifs is 10. The van der Waals surface area contributed by atoms with E-state index in [1.165, 1.54) is 0 Å². The van der Waals surface area contributed by atoms with Crippen LogP contribution in [0.4, 0.5) is 0 Å². The van der Waals surface area contributed by atoms with E-state index in [0.717, 1.165) is 80.0 Å². The SMILES string of the molecule is [Ag].[Cu].c1cc2nc(c1)-c1cccc(n1)CNCc1cccc(n1)-c1cccc(n1)CNC2.c1ccc(O[PH+](Oc2ccccc2)Oc2ccccc2)cc1.c1ccc(O[PH+](Oc2ccccc2)Oc2ccccc2)cc1. The van der Waals surface area contributed by atoms with E-state index >= 15 is 0 Å². The molecule has 10 aromatic rings. The van der Waals surface area contributed by atoms with Crippen molar-refractivity contribution in [2.24, 2.45) is 0 Å². The number of nitrogens with one attached hydrogen (secondary N) is 2. The van der Waals surface area contributed by atoms with Crippen molar-refractivity contribution in [3.8, 4) is 57.3 Å². The predicted molar refractivity (Wildman–Crippen MR) is 295 cm³/mol. The molecule has 0 saturated heterocycles. The number of hydrogen-bond donors (Lipinski definition) is 2. The van der Waals surface area contributed by atoms with Crippen molar-refractivity contribution in [2.45, 2.75) is 26.2 Å². The van der Waals surface area contributed by atoms with Crippen molar-refractivity contribution >= 4 is 17.2 Å². The molecule has 11 rings (SSSR count). The molecule has 0 atom stereocenters. The molecular formula is C60H54AgCuN6O6P2+2. The van der Waals surface area contributed by atoms with Gasteiger partial charge in [-0.3, -0.25) is 27.1 Å². The topological polar surface area (TPSA) is 131 Å². The Morgan fingerprint density at radius 2 is 0.434 bits per heavy atom. The van der Waals surface area contributed by atoms with Gasteiger partial charge in [0.2, 0.25) is 0 Å². The molecule has 8 bridgehead atoms. The standard InChI is InChI=1S/C24H22N6.2C18H16O3P.Ag.Cu/c1-5-17-13-25-14-19-7-3-11-23(29-19)24-12-4-8-20(30-24)16-26-15-18-6-2-10-22(28-18)21(9-1)27-17;2*1-4-10-16(11-5-1)19-22(20-17-12-6-2-7-13-17)21-18-14-8-3-9-15-18;;/h1-12,25-26H,13-16H2;2*1-15,22H;;/q;2*+1;;. The minimum atomic E-state index is -2.00. The Labute approximate surface area is 472 Å². The molecule has 390 valence electrons. The molecule has 2 N–H and O–H groups in total. The molecule has 6 aromatic carbocycles. The summed E-state index contributed by atoms with van der Waals surface area (Å²) >= 11 is 0. The third-order valence-corrected chi connectivity index (χ3v) is 13.1.